The van der Waals surface area contributed by atoms with Crippen LogP contribution in [-0.2, 0) is 9.53 Å². The Morgan fingerprint density at radius 3 is 2.52 bits per heavy atom. The van der Waals surface area contributed by atoms with E-state index in [4.69, 9.17) is 4.74 Å². The monoisotopic (exact) mass is 388 g/mol. The Hall–Kier alpha value is -1.89. The molecule has 0 aromatic heterocycles. The first-order valence-corrected chi connectivity index (χ1v) is 10.2. The summed E-state index contributed by atoms with van der Waals surface area (Å²) in [4.78, 5) is 15.3. The van der Waals surface area contributed by atoms with Crippen LogP contribution >= 0.6 is 11.8 Å². The van der Waals surface area contributed by atoms with Crippen molar-refractivity contribution in [2.45, 2.75) is 23.9 Å². The Morgan fingerprint density at radius 1 is 1.15 bits per heavy atom. The second-order valence-corrected chi connectivity index (χ2v) is 7.60. The molecule has 0 radical (unpaired) electrons. The third-order valence-corrected chi connectivity index (χ3v) is 5.69. The lowest BCUT2D eigenvalue weighted by Crippen LogP contribution is -2.48. The zero-order chi connectivity index (χ0) is 19.1. The van der Waals surface area contributed by atoms with E-state index in [-0.39, 0.29) is 29.6 Å². The van der Waals surface area contributed by atoms with E-state index in [0.29, 0.717) is 18.1 Å². The standard InChI is InChI=1S/C21H25FN2O2S/c1-16(23-20(25)15-27-19-10-6-5-9-18(19)22)21(17-7-3-2-4-8-17)24-11-13-26-14-12-24/h2-10,16,21H,11-15H2,1H3,(H,23,25)/t16-,21-/m1/s1. The number of amides is 1. The van der Waals surface area contributed by atoms with Crippen LogP contribution in [0.2, 0.25) is 0 Å². The minimum Gasteiger partial charge on any atom is -0.379 e. The number of carbonyl (C=O) groups excluding carboxylic acids is 1. The number of rotatable bonds is 7. The van der Waals surface area contributed by atoms with Gasteiger partial charge in [-0.2, -0.15) is 0 Å². The number of thioether (sulfide) groups is 1. The van der Waals surface area contributed by atoms with Gasteiger partial charge in [-0.3, -0.25) is 9.69 Å². The van der Waals surface area contributed by atoms with E-state index in [1.165, 1.54) is 23.4 Å². The molecule has 0 spiro atoms. The second-order valence-electron chi connectivity index (χ2n) is 6.58. The SMILES string of the molecule is C[C@@H](NC(=O)CSc1ccccc1F)[C@H](c1ccccc1)N1CCOCC1. The first-order valence-electron chi connectivity index (χ1n) is 9.18. The molecule has 4 nitrogen and oxygen atoms in total. The van der Waals surface area contributed by atoms with Crippen LogP contribution in [0, 0.1) is 5.82 Å². The third-order valence-electron chi connectivity index (χ3n) is 4.64. The van der Waals surface area contributed by atoms with Crippen LogP contribution in [0.15, 0.2) is 59.5 Å². The van der Waals surface area contributed by atoms with Gasteiger partial charge in [-0.15, -0.1) is 11.8 Å². The predicted molar refractivity (Wildman–Crippen MR) is 106 cm³/mol. The van der Waals surface area contributed by atoms with Gasteiger partial charge in [0, 0.05) is 24.0 Å². The van der Waals surface area contributed by atoms with E-state index in [2.05, 4.69) is 22.3 Å². The van der Waals surface area contributed by atoms with Crippen LogP contribution in [0.3, 0.4) is 0 Å². The number of morpholine rings is 1. The minimum absolute atomic E-state index is 0.0702. The van der Waals surface area contributed by atoms with Crippen LogP contribution in [0.4, 0.5) is 4.39 Å². The van der Waals surface area contributed by atoms with Gasteiger partial charge in [0.05, 0.1) is 25.0 Å². The zero-order valence-corrected chi connectivity index (χ0v) is 16.3. The van der Waals surface area contributed by atoms with Crippen molar-refractivity contribution in [2.75, 3.05) is 32.1 Å². The van der Waals surface area contributed by atoms with E-state index < -0.39 is 0 Å². The molecule has 0 aliphatic carbocycles. The van der Waals surface area contributed by atoms with Gasteiger partial charge in [-0.1, -0.05) is 42.5 Å². The highest BCUT2D eigenvalue weighted by Crippen LogP contribution is 2.26. The highest BCUT2D eigenvalue weighted by molar-refractivity contribution is 8.00. The Kier molecular flexibility index (Phi) is 7.26. The topological polar surface area (TPSA) is 41.6 Å². The molecule has 0 bridgehead atoms. The van der Waals surface area contributed by atoms with Crippen molar-refractivity contribution in [2.24, 2.45) is 0 Å². The number of carbonyl (C=O) groups is 1. The second kappa shape index (κ2) is 9.88. The number of nitrogens with one attached hydrogen (secondary N) is 1. The number of benzene rings is 2. The van der Waals surface area contributed by atoms with Gasteiger partial charge >= 0.3 is 0 Å². The van der Waals surface area contributed by atoms with Crippen molar-refractivity contribution in [1.82, 2.24) is 10.2 Å². The van der Waals surface area contributed by atoms with Crippen molar-refractivity contribution in [3.05, 3.63) is 66.0 Å². The van der Waals surface area contributed by atoms with E-state index in [1.807, 2.05) is 25.1 Å². The van der Waals surface area contributed by atoms with Crippen LogP contribution in [0.25, 0.3) is 0 Å². The van der Waals surface area contributed by atoms with Crippen LogP contribution in [0.5, 0.6) is 0 Å². The zero-order valence-electron chi connectivity index (χ0n) is 15.4. The third kappa shape index (κ3) is 5.54. The summed E-state index contributed by atoms with van der Waals surface area (Å²) < 4.78 is 19.2. The van der Waals surface area contributed by atoms with Gasteiger partial charge in [0.2, 0.25) is 5.91 Å². The predicted octanol–water partition coefficient (Wildman–Crippen LogP) is 3.50. The van der Waals surface area contributed by atoms with Gasteiger partial charge in [0.15, 0.2) is 0 Å². The summed E-state index contributed by atoms with van der Waals surface area (Å²) in [6.07, 6.45) is 0. The van der Waals surface area contributed by atoms with Gasteiger partial charge < -0.3 is 10.1 Å². The van der Waals surface area contributed by atoms with Crippen molar-refractivity contribution in [3.8, 4) is 0 Å². The maximum absolute atomic E-state index is 13.7. The maximum atomic E-state index is 13.7. The average molecular weight is 389 g/mol. The molecule has 144 valence electrons. The summed E-state index contributed by atoms with van der Waals surface area (Å²) in [5.41, 5.74) is 1.17. The quantitative estimate of drug-likeness (QED) is 0.737. The lowest BCUT2D eigenvalue weighted by Gasteiger charge is -2.38. The smallest absolute Gasteiger partial charge is 0.230 e. The first kappa shape index (κ1) is 19.9. The number of hydrogen-bond donors (Lipinski definition) is 1. The van der Waals surface area contributed by atoms with Crippen LogP contribution < -0.4 is 5.32 Å². The van der Waals surface area contributed by atoms with Gasteiger partial charge in [0.25, 0.3) is 0 Å². The fourth-order valence-corrected chi connectivity index (χ4v) is 4.15. The largest absolute Gasteiger partial charge is 0.379 e. The minimum atomic E-state index is -0.293. The summed E-state index contributed by atoms with van der Waals surface area (Å²) >= 11 is 1.22. The number of halogens is 1. The summed E-state index contributed by atoms with van der Waals surface area (Å²) in [7, 11) is 0. The molecule has 6 heteroatoms. The number of nitrogens with zero attached hydrogens (tertiary/aromatic N) is 1. The average Bonchev–Trinajstić information content (AvgIpc) is 2.69. The van der Waals surface area contributed by atoms with Crippen molar-refractivity contribution in [3.63, 3.8) is 0 Å². The molecule has 1 saturated heterocycles. The summed E-state index contributed by atoms with van der Waals surface area (Å²) in [5, 5.41) is 3.10. The van der Waals surface area contributed by atoms with Crippen LogP contribution in [0.1, 0.15) is 18.5 Å². The Labute approximate surface area is 164 Å². The molecule has 2 atom stereocenters. The molecule has 1 aliphatic rings. The number of ether oxygens (including phenoxy) is 1. The molecule has 3 rings (SSSR count). The van der Waals surface area contributed by atoms with Crippen LogP contribution in [-0.4, -0.2) is 48.9 Å². The summed E-state index contributed by atoms with van der Waals surface area (Å²) in [6.45, 7) is 5.10. The molecule has 27 heavy (non-hydrogen) atoms. The fourth-order valence-electron chi connectivity index (χ4n) is 3.40. The fraction of sp³-hybridized carbons (Fsp3) is 0.381. The van der Waals surface area contributed by atoms with E-state index >= 15 is 0 Å². The molecule has 1 amide bonds. The maximum Gasteiger partial charge on any atom is 0.230 e. The molecule has 1 fully saturated rings. The summed E-state index contributed by atoms with van der Waals surface area (Å²) in [6, 6.07) is 16.8. The van der Waals surface area contributed by atoms with E-state index in [9.17, 15) is 9.18 Å². The molecule has 1 aliphatic heterocycles. The van der Waals surface area contributed by atoms with Gasteiger partial charge in [-0.05, 0) is 24.6 Å². The van der Waals surface area contributed by atoms with Gasteiger partial charge in [0.1, 0.15) is 5.82 Å². The first-order chi connectivity index (χ1) is 13.1. The van der Waals surface area contributed by atoms with Crippen molar-refractivity contribution in [1.29, 1.82) is 0 Å². The highest BCUT2D eigenvalue weighted by Gasteiger charge is 2.28. The molecule has 1 N–H and O–H groups in total. The molecular weight excluding hydrogens is 363 g/mol. The van der Waals surface area contributed by atoms with E-state index in [1.54, 1.807) is 18.2 Å². The van der Waals surface area contributed by atoms with E-state index in [0.717, 1.165) is 13.1 Å². The Morgan fingerprint density at radius 2 is 1.81 bits per heavy atom. The van der Waals surface area contributed by atoms with Crippen molar-refractivity contribution < 1.29 is 13.9 Å². The summed E-state index contributed by atoms with van der Waals surface area (Å²) in [5.74, 6) is -0.195. The highest BCUT2D eigenvalue weighted by atomic mass is 32.2. The molecular formula is C21H25FN2O2S. The number of hydrogen-bond acceptors (Lipinski definition) is 4. The Bertz CT molecular complexity index is 738. The molecule has 1 heterocycles. The lowest BCUT2D eigenvalue weighted by molar-refractivity contribution is -0.119. The lowest BCUT2D eigenvalue weighted by atomic mass is 9.98. The van der Waals surface area contributed by atoms with Crippen molar-refractivity contribution >= 4 is 17.7 Å². The van der Waals surface area contributed by atoms with Gasteiger partial charge in [-0.25, -0.2) is 4.39 Å². The molecule has 0 unspecified atom stereocenters. The molecule has 0 saturated carbocycles. The Balaban J connectivity index is 1.64. The molecule has 2 aromatic rings. The molecule has 2 aromatic carbocycles. The normalized spacial score (nSPS) is 17.3.